The minimum absolute atomic E-state index is 0.338. The fraction of sp³-hybridized carbons (Fsp3) is 0.722. The minimum Gasteiger partial charge on any atom is -0.298 e. The number of hydrogen-bond donors (Lipinski definition) is 0. The van der Waals surface area contributed by atoms with Gasteiger partial charge in [0, 0.05) is 17.9 Å². The lowest BCUT2D eigenvalue weighted by atomic mass is 9.75. The van der Waals surface area contributed by atoms with Crippen molar-refractivity contribution in [2.75, 3.05) is 13.1 Å². The molecule has 1 saturated heterocycles. The summed E-state index contributed by atoms with van der Waals surface area (Å²) in [5.41, 5.74) is 2.48. The maximum Gasteiger partial charge on any atom is 0.0270 e. The van der Waals surface area contributed by atoms with Gasteiger partial charge in [0.15, 0.2) is 0 Å². The molecule has 2 heteroatoms. The Morgan fingerprint density at radius 2 is 1.75 bits per heavy atom. The highest BCUT2D eigenvalue weighted by atomic mass is 15.2. The van der Waals surface area contributed by atoms with E-state index in [0.29, 0.717) is 11.0 Å². The molecule has 2 aliphatic rings. The van der Waals surface area contributed by atoms with Crippen LogP contribution in [0.25, 0.3) is 0 Å². The van der Waals surface area contributed by atoms with Crippen molar-refractivity contribution < 1.29 is 0 Å². The third-order valence-electron chi connectivity index (χ3n) is 5.65. The van der Waals surface area contributed by atoms with Crippen LogP contribution in [0.15, 0.2) is 24.5 Å². The Kier molecular flexibility index (Phi) is 3.62. The number of piperidine rings is 1. The van der Waals surface area contributed by atoms with Crippen molar-refractivity contribution in [1.29, 1.82) is 0 Å². The van der Waals surface area contributed by atoms with Crippen molar-refractivity contribution in [2.24, 2.45) is 5.41 Å². The SMILES string of the molecule is CC(C)(C)N1CCC2(CCC(c3ccncc3)C2)CC1. The van der Waals surface area contributed by atoms with Crippen molar-refractivity contribution in [2.45, 2.75) is 64.3 Å². The lowest BCUT2D eigenvalue weighted by Gasteiger charge is -2.45. The third kappa shape index (κ3) is 2.76. The molecule has 1 aromatic rings. The molecule has 1 aliphatic carbocycles. The van der Waals surface area contributed by atoms with Gasteiger partial charge >= 0.3 is 0 Å². The van der Waals surface area contributed by atoms with Crippen LogP contribution < -0.4 is 0 Å². The highest BCUT2D eigenvalue weighted by Crippen LogP contribution is 2.52. The van der Waals surface area contributed by atoms with E-state index in [1.807, 2.05) is 12.4 Å². The number of rotatable bonds is 1. The molecule has 1 saturated carbocycles. The molecule has 2 fully saturated rings. The molecule has 20 heavy (non-hydrogen) atoms. The zero-order valence-corrected chi connectivity index (χ0v) is 13.2. The van der Waals surface area contributed by atoms with Gasteiger partial charge in [-0.1, -0.05) is 0 Å². The summed E-state index contributed by atoms with van der Waals surface area (Å²) in [5, 5.41) is 0. The first-order valence-electron chi connectivity index (χ1n) is 8.14. The zero-order chi connectivity index (χ0) is 14.2. The second-order valence-electron chi connectivity index (χ2n) is 7.88. The number of aromatic nitrogens is 1. The van der Waals surface area contributed by atoms with Gasteiger partial charge in [0.25, 0.3) is 0 Å². The van der Waals surface area contributed by atoms with E-state index in [1.54, 1.807) is 0 Å². The first-order chi connectivity index (χ1) is 9.49. The standard InChI is InChI=1S/C18H28N2/c1-17(2,3)20-12-8-18(9-13-20)7-4-16(14-18)15-5-10-19-11-6-15/h5-6,10-11,16H,4,7-9,12-14H2,1-3H3. The number of nitrogens with zero attached hydrogens (tertiary/aromatic N) is 2. The third-order valence-corrected chi connectivity index (χ3v) is 5.65. The molecular weight excluding hydrogens is 244 g/mol. The van der Waals surface area contributed by atoms with Gasteiger partial charge in [-0.2, -0.15) is 0 Å². The van der Waals surface area contributed by atoms with Crippen LogP contribution in [0.5, 0.6) is 0 Å². The van der Waals surface area contributed by atoms with Gasteiger partial charge in [0.05, 0.1) is 0 Å². The first-order valence-corrected chi connectivity index (χ1v) is 8.14. The summed E-state index contributed by atoms with van der Waals surface area (Å²) >= 11 is 0. The molecule has 1 spiro atoms. The van der Waals surface area contributed by atoms with E-state index in [0.717, 1.165) is 5.92 Å². The Bertz CT molecular complexity index is 438. The number of hydrogen-bond acceptors (Lipinski definition) is 2. The van der Waals surface area contributed by atoms with Crippen LogP contribution >= 0.6 is 0 Å². The summed E-state index contributed by atoms with van der Waals surface area (Å²) in [4.78, 5) is 6.82. The average Bonchev–Trinajstić information content (AvgIpc) is 2.83. The van der Waals surface area contributed by atoms with Gasteiger partial charge in [-0.25, -0.2) is 0 Å². The lowest BCUT2D eigenvalue weighted by Crippen LogP contribution is -2.48. The van der Waals surface area contributed by atoms with E-state index in [1.165, 1.54) is 50.8 Å². The lowest BCUT2D eigenvalue weighted by molar-refractivity contribution is 0.0448. The van der Waals surface area contributed by atoms with E-state index in [-0.39, 0.29) is 0 Å². The predicted octanol–water partition coefficient (Wildman–Crippen LogP) is 4.23. The summed E-state index contributed by atoms with van der Waals surface area (Å²) in [7, 11) is 0. The highest BCUT2D eigenvalue weighted by Gasteiger charge is 2.42. The average molecular weight is 272 g/mol. The van der Waals surface area contributed by atoms with Gasteiger partial charge in [-0.3, -0.25) is 9.88 Å². The molecule has 2 nitrogen and oxygen atoms in total. The molecule has 2 heterocycles. The molecule has 0 aromatic carbocycles. The maximum atomic E-state index is 4.15. The maximum absolute atomic E-state index is 4.15. The van der Waals surface area contributed by atoms with Crippen LogP contribution in [0, 0.1) is 5.41 Å². The summed E-state index contributed by atoms with van der Waals surface area (Å²) < 4.78 is 0. The van der Waals surface area contributed by atoms with E-state index >= 15 is 0 Å². The predicted molar refractivity (Wildman–Crippen MR) is 83.8 cm³/mol. The van der Waals surface area contributed by atoms with E-state index in [9.17, 15) is 0 Å². The summed E-state index contributed by atoms with van der Waals surface area (Å²) in [6.45, 7) is 9.61. The van der Waals surface area contributed by atoms with Crippen LogP contribution in [0.3, 0.4) is 0 Å². The fourth-order valence-corrected chi connectivity index (χ4v) is 4.23. The molecule has 1 aromatic heterocycles. The van der Waals surface area contributed by atoms with Gasteiger partial charge in [-0.15, -0.1) is 0 Å². The van der Waals surface area contributed by atoms with Crippen molar-refractivity contribution in [3.05, 3.63) is 30.1 Å². The molecule has 1 atom stereocenters. The zero-order valence-electron chi connectivity index (χ0n) is 13.2. The molecule has 0 radical (unpaired) electrons. The fourth-order valence-electron chi connectivity index (χ4n) is 4.23. The summed E-state index contributed by atoms with van der Waals surface area (Å²) in [6, 6.07) is 4.43. The van der Waals surface area contributed by atoms with Crippen molar-refractivity contribution in [1.82, 2.24) is 9.88 Å². The Morgan fingerprint density at radius 1 is 1.10 bits per heavy atom. The second kappa shape index (κ2) is 5.14. The minimum atomic E-state index is 0.338. The molecule has 110 valence electrons. The quantitative estimate of drug-likeness (QED) is 0.760. The summed E-state index contributed by atoms with van der Waals surface area (Å²) in [6.07, 6.45) is 10.9. The van der Waals surface area contributed by atoms with Gasteiger partial charge in [0.1, 0.15) is 0 Å². The van der Waals surface area contributed by atoms with Gasteiger partial charge in [0.2, 0.25) is 0 Å². The number of pyridine rings is 1. The Balaban J connectivity index is 1.63. The van der Waals surface area contributed by atoms with Crippen LogP contribution in [-0.4, -0.2) is 28.5 Å². The molecule has 1 unspecified atom stereocenters. The first kappa shape index (κ1) is 14.1. The van der Waals surface area contributed by atoms with Crippen LogP contribution in [0.4, 0.5) is 0 Å². The van der Waals surface area contributed by atoms with Crippen molar-refractivity contribution in [3.63, 3.8) is 0 Å². The molecule has 0 N–H and O–H groups in total. The van der Waals surface area contributed by atoms with Crippen molar-refractivity contribution >= 4 is 0 Å². The van der Waals surface area contributed by atoms with Gasteiger partial charge < -0.3 is 0 Å². The van der Waals surface area contributed by atoms with Gasteiger partial charge in [-0.05, 0) is 95.0 Å². The summed E-state index contributed by atoms with van der Waals surface area (Å²) in [5.74, 6) is 0.777. The largest absolute Gasteiger partial charge is 0.298 e. The molecule has 0 bridgehead atoms. The Hall–Kier alpha value is -0.890. The monoisotopic (exact) mass is 272 g/mol. The van der Waals surface area contributed by atoms with E-state index in [2.05, 4.69) is 42.8 Å². The topological polar surface area (TPSA) is 16.1 Å². The molecule has 0 amide bonds. The normalized spacial score (nSPS) is 27.1. The Morgan fingerprint density at radius 3 is 2.35 bits per heavy atom. The molecular formula is C18H28N2. The molecule has 1 aliphatic heterocycles. The van der Waals surface area contributed by atoms with E-state index < -0.39 is 0 Å². The highest BCUT2D eigenvalue weighted by molar-refractivity contribution is 5.18. The van der Waals surface area contributed by atoms with E-state index in [4.69, 9.17) is 0 Å². The van der Waals surface area contributed by atoms with Crippen LogP contribution in [0.1, 0.15) is 64.4 Å². The number of likely N-dealkylation sites (tertiary alicyclic amines) is 1. The van der Waals surface area contributed by atoms with Crippen LogP contribution in [-0.2, 0) is 0 Å². The van der Waals surface area contributed by atoms with Crippen molar-refractivity contribution in [3.8, 4) is 0 Å². The molecule has 3 rings (SSSR count). The second-order valence-corrected chi connectivity index (χ2v) is 7.88. The van der Waals surface area contributed by atoms with Crippen LogP contribution in [0.2, 0.25) is 0 Å². The smallest absolute Gasteiger partial charge is 0.0270 e. The Labute approximate surface area is 123 Å².